The van der Waals surface area contributed by atoms with E-state index in [4.69, 9.17) is 14.0 Å². The van der Waals surface area contributed by atoms with Crippen LogP contribution in [-0.4, -0.2) is 19.7 Å². The Bertz CT molecular complexity index is 1250. The highest BCUT2D eigenvalue weighted by Crippen LogP contribution is 2.21. The van der Waals surface area contributed by atoms with E-state index in [0.717, 1.165) is 22.6 Å². The van der Waals surface area contributed by atoms with Crippen LogP contribution in [0, 0.1) is 0 Å². The molecule has 2 aromatic heterocycles. The van der Waals surface area contributed by atoms with E-state index in [1.807, 2.05) is 89.6 Å². The van der Waals surface area contributed by atoms with Crippen LogP contribution in [0.1, 0.15) is 11.5 Å². The molecule has 0 spiro atoms. The second kappa shape index (κ2) is 9.18. The van der Waals surface area contributed by atoms with E-state index in [0.29, 0.717) is 24.1 Å². The van der Waals surface area contributed by atoms with Crippen LogP contribution in [0.25, 0.3) is 17.1 Å². The molecule has 0 amide bonds. The number of benzene rings is 3. The van der Waals surface area contributed by atoms with Gasteiger partial charge in [0.2, 0.25) is 5.82 Å². The Morgan fingerprint density at radius 3 is 2.19 bits per heavy atom. The molecular weight excluding hydrogens is 404 g/mol. The fourth-order valence-electron chi connectivity index (χ4n) is 3.14. The van der Waals surface area contributed by atoms with E-state index in [1.54, 1.807) is 12.5 Å². The average Bonchev–Trinajstić information content (AvgIpc) is 3.56. The van der Waals surface area contributed by atoms with Crippen molar-refractivity contribution in [1.82, 2.24) is 19.7 Å². The first-order valence-corrected chi connectivity index (χ1v) is 10.1. The van der Waals surface area contributed by atoms with Gasteiger partial charge in [0.25, 0.3) is 5.89 Å². The second-order valence-corrected chi connectivity index (χ2v) is 7.06. The molecule has 0 bridgehead atoms. The van der Waals surface area contributed by atoms with Gasteiger partial charge in [-0.15, -0.1) is 0 Å². The topological polar surface area (TPSA) is 75.2 Å². The van der Waals surface area contributed by atoms with E-state index in [-0.39, 0.29) is 6.61 Å². The van der Waals surface area contributed by atoms with E-state index < -0.39 is 0 Å². The van der Waals surface area contributed by atoms with Crippen molar-refractivity contribution in [1.29, 1.82) is 0 Å². The normalized spacial score (nSPS) is 10.8. The molecular formula is C25H20N4O3. The Morgan fingerprint density at radius 2 is 1.50 bits per heavy atom. The number of hydrogen-bond acceptors (Lipinski definition) is 6. The summed E-state index contributed by atoms with van der Waals surface area (Å²) in [6.45, 7) is 0.708. The van der Waals surface area contributed by atoms with Crippen molar-refractivity contribution in [2.45, 2.75) is 13.2 Å². The van der Waals surface area contributed by atoms with Crippen molar-refractivity contribution in [3.63, 3.8) is 0 Å². The third-order valence-corrected chi connectivity index (χ3v) is 4.83. The molecule has 7 heteroatoms. The van der Waals surface area contributed by atoms with Gasteiger partial charge in [0.1, 0.15) is 18.1 Å². The van der Waals surface area contributed by atoms with E-state index in [9.17, 15) is 0 Å². The Hall–Kier alpha value is -4.39. The molecule has 0 N–H and O–H groups in total. The van der Waals surface area contributed by atoms with Gasteiger partial charge in [-0.05, 0) is 54.1 Å². The minimum Gasteiger partial charge on any atom is -0.489 e. The van der Waals surface area contributed by atoms with Crippen LogP contribution in [0.5, 0.6) is 11.5 Å². The first-order chi connectivity index (χ1) is 15.8. The molecule has 7 nitrogen and oxygen atoms in total. The van der Waals surface area contributed by atoms with Crippen LogP contribution in [0.2, 0.25) is 0 Å². The molecule has 5 rings (SSSR count). The third kappa shape index (κ3) is 4.67. The van der Waals surface area contributed by atoms with Gasteiger partial charge in [0, 0.05) is 23.6 Å². The number of aromatic nitrogens is 4. The number of ether oxygens (including phenoxy) is 2. The SMILES string of the molecule is c1ccc(COc2ccc(OCc3nc(-c4ccc(-n5ccnc5)cc4)no3)cc2)cc1. The molecule has 0 saturated heterocycles. The largest absolute Gasteiger partial charge is 0.489 e. The first kappa shape index (κ1) is 19.6. The van der Waals surface area contributed by atoms with Gasteiger partial charge in [-0.2, -0.15) is 4.98 Å². The summed E-state index contributed by atoms with van der Waals surface area (Å²) in [6, 6.07) is 25.3. The van der Waals surface area contributed by atoms with Crippen LogP contribution in [-0.2, 0) is 13.2 Å². The highest BCUT2D eigenvalue weighted by atomic mass is 16.5. The highest BCUT2D eigenvalue weighted by Gasteiger charge is 2.10. The van der Waals surface area contributed by atoms with Gasteiger partial charge >= 0.3 is 0 Å². The molecule has 0 saturated carbocycles. The molecule has 0 atom stereocenters. The van der Waals surface area contributed by atoms with E-state index in [2.05, 4.69) is 15.1 Å². The monoisotopic (exact) mass is 424 g/mol. The Labute approximate surface area is 184 Å². The molecule has 158 valence electrons. The average molecular weight is 424 g/mol. The lowest BCUT2D eigenvalue weighted by atomic mass is 10.2. The van der Waals surface area contributed by atoms with E-state index >= 15 is 0 Å². The van der Waals surface area contributed by atoms with E-state index in [1.165, 1.54) is 0 Å². The summed E-state index contributed by atoms with van der Waals surface area (Å²) >= 11 is 0. The van der Waals surface area contributed by atoms with Gasteiger partial charge in [0.05, 0.1) is 6.33 Å². The van der Waals surface area contributed by atoms with Crippen LogP contribution in [0.4, 0.5) is 0 Å². The molecule has 5 aromatic rings. The summed E-state index contributed by atoms with van der Waals surface area (Å²) in [5.41, 5.74) is 3.00. The van der Waals surface area contributed by atoms with Gasteiger partial charge in [-0.1, -0.05) is 35.5 Å². The minimum absolute atomic E-state index is 0.185. The van der Waals surface area contributed by atoms with Crippen LogP contribution < -0.4 is 9.47 Å². The lowest BCUT2D eigenvalue weighted by Gasteiger charge is -2.07. The minimum atomic E-state index is 0.185. The summed E-state index contributed by atoms with van der Waals surface area (Å²) in [5, 5.41) is 4.05. The highest BCUT2D eigenvalue weighted by molar-refractivity contribution is 5.56. The number of nitrogens with zero attached hydrogens (tertiary/aromatic N) is 4. The Balaban J connectivity index is 1.15. The summed E-state index contributed by atoms with van der Waals surface area (Å²) in [7, 11) is 0. The van der Waals surface area contributed by atoms with Crippen molar-refractivity contribution < 1.29 is 14.0 Å². The van der Waals surface area contributed by atoms with Crippen molar-refractivity contribution in [3.05, 3.63) is 109 Å². The number of rotatable bonds is 8. The fourth-order valence-corrected chi connectivity index (χ4v) is 3.14. The zero-order valence-electron chi connectivity index (χ0n) is 17.2. The van der Waals surface area contributed by atoms with Crippen molar-refractivity contribution in [3.8, 4) is 28.6 Å². The summed E-state index contributed by atoms with van der Waals surface area (Å²) in [5.74, 6) is 2.40. The molecule has 0 fully saturated rings. The van der Waals surface area contributed by atoms with Crippen LogP contribution in [0.3, 0.4) is 0 Å². The maximum absolute atomic E-state index is 5.79. The van der Waals surface area contributed by atoms with Gasteiger partial charge < -0.3 is 18.6 Å². The quantitative estimate of drug-likeness (QED) is 0.346. The third-order valence-electron chi connectivity index (χ3n) is 4.83. The standard InChI is InChI=1S/C25H20N4O3/c1-2-4-19(5-3-1)16-30-22-10-12-23(13-11-22)31-17-24-27-25(28-32-24)20-6-8-21(9-7-20)29-15-14-26-18-29/h1-15,18H,16-17H2. The van der Waals surface area contributed by atoms with Crippen LogP contribution in [0.15, 0.2) is 102 Å². The molecule has 0 aliphatic heterocycles. The maximum Gasteiger partial charge on any atom is 0.264 e. The van der Waals surface area contributed by atoms with Gasteiger partial charge in [0.15, 0.2) is 6.61 Å². The predicted octanol–water partition coefficient (Wildman–Crippen LogP) is 5.08. The first-order valence-electron chi connectivity index (χ1n) is 10.1. The van der Waals surface area contributed by atoms with Gasteiger partial charge in [-0.3, -0.25) is 0 Å². The summed E-state index contributed by atoms with van der Waals surface area (Å²) in [6.07, 6.45) is 5.38. The number of hydrogen-bond donors (Lipinski definition) is 0. The molecule has 0 aliphatic rings. The predicted molar refractivity (Wildman–Crippen MR) is 118 cm³/mol. The number of imidazole rings is 1. The zero-order valence-corrected chi connectivity index (χ0v) is 17.2. The molecule has 0 radical (unpaired) electrons. The molecule has 0 unspecified atom stereocenters. The summed E-state index contributed by atoms with van der Waals surface area (Å²) in [4.78, 5) is 8.48. The zero-order chi connectivity index (χ0) is 21.6. The van der Waals surface area contributed by atoms with Crippen LogP contribution >= 0.6 is 0 Å². The Kier molecular flexibility index (Phi) is 5.61. The second-order valence-electron chi connectivity index (χ2n) is 7.06. The Morgan fingerprint density at radius 1 is 0.781 bits per heavy atom. The maximum atomic E-state index is 5.79. The molecule has 2 heterocycles. The smallest absolute Gasteiger partial charge is 0.264 e. The lowest BCUT2D eigenvalue weighted by molar-refractivity contribution is 0.242. The molecule has 3 aromatic carbocycles. The lowest BCUT2D eigenvalue weighted by Crippen LogP contribution is -1.97. The molecule has 32 heavy (non-hydrogen) atoms. The summed E-state index contributed by atoms with van der Waals surface area (Å²) < 4.78 is 18.8. The van der Waals surface area contributed by atoms with Crippen molar-refractivity contribution in [2.75, 3.05) is 0 Å². The van der Waals surface area contributed by atoms with Crippen molar-refractivity contribution >= 4 is 0 Å². The van der Waals surface area contributed by atoms with Crippen molar-refractivity contribution in [2.24, 2.45) is 0 Å². The van der Waals surface area contributed by atoms with Gasteiger partial charge in [-0.25, -0.2) is 4.98 Å². The fraction of sp³-hybridized carbons (Fsp3) is 0.0800. The molecule has 0 aliphatic carbocycles.